The minimum absolute atomic E-state index is 0.146. The number of rotatable bonds is 3. The van der Waals surface area contributed by atoms with E-state index >= 15 is 0 Å². The van der Waals surface area contributed by atoms with E-state index in [2.05, 4.69) is 0 Å². The molecule has 2 fully saturated rings. The van der Waals surface area contributed by atoms with Gasteiger partial charge >= 0.3 is 0 Å². The number of ether oxygens (including phenoxy) is 1. The predicted octanol–water partition coefficient (Wildman–Crippen LogP) is 0.506. The zero-order chi connectivity index (χ0) is 16.6. The molecule has 6 nitrogen and oxygen atoms in total. The number of halogens is 1. The first-order valence-corrected chi connectivity index (χ1v) is 7.72. The van der Waals surface area contributed by atoms with Crippen LogP contribution in [0.25, 0.3) is 0 Å². The Labute approximate surface area is 134 Å². The summed E-state index contributed by atoms with van der Waals surface area (Å²) in [6, 6.07) is 5.87. The molecule has 2 amide bonds. The third-order valence-corrected chi connectivity index (χ3v) is 4.37. The highest BCUT2D eigenvalue weighted by Gasteiger charge is 2.41. The van der Waals surface area contributed by atoms with Gasteiger partial charge in [-0.3, -0.25) is 14.5 Å². The second-order valence-corrected chi connectivity index (χ2v) is 6.04. The van der Waals surface area contributed by atoms with E-state index in [9.17, 15) is 14.0 Å². The van der Waals surface area contributed by atoms with Gasteiger partial charge in [-0.25, -0.2) is 4.39 Å². The molecule has 23 heavy (non-hydrogen) atoms. The SMILES string of the molecule is C[C@@H]1CN([C@@H]2CCN(c3ccccc3F)C2=O)C[C@H](C(N)=O)O1. The Hall–Kier alpha value is -1.99. The third-order valence-electron chi connectivity index (χ3n) is 4.37. The molecule has 3 rings (SSSR count). The van der Waals surface area contributed by atoms with Crippen LogP contribution in [0.1, 0.15) is 13.3 Å². The molecule has 0 aliphatic carbocycles. The summed E-state index contributed by atoms with van der Waals surface area (Å²) in [5.74, 6) is -1.09. The fourth-order valence-corrected chi connectivity index (χ4v) is 3.31. The van der Waals surface area contributed by atoms with Crippen LogP contribution in [-0.2, 0) is 14.3 Å². The van der Waals surface area contributed by atoms with Crippen LogP contribution in [0.15, 0.2) is 24.3 Å². The lowest BCUT2D eigenvalue weighted by Gasteiger charge is -2.38. The van der Waals surface area contributed by atoms with Gasteiger partial charge in [0.1, 0.15) is 11.9 Å². The highest BCUT2D eigenvalue weighted by molar-refractivity contribution is 5.99. The number of hydrogen-bond donors (Lipinski definition) is 1. The monoisotopic (exact) mass is 321 g/mol. The van der Waals surface area contributed by atoms with Crippen LogP contribution >= 0.6 is 0 Å². The summed E-state index contributed by atoms with van der Waals surface area (Å²) >= 11 is 0. The molecule has 2 aliphatic heterocycles. The van der Waals surface area contributed by atoms with Gasteiger partial charge in [0.05, 0.1) is 17.8 Å². The number of nitrogens with two attached hydrogens (primary N) is 1. The van der Waals surface area contributed by atoms with E-state index in [4.69, 9.17) is 10.5 Å². The number of morpholine rings is 1. The van der Waals surface area contributed by atoms with Gasteiger partial charge in [0.2, 0.25) is 11.8 Å². The molecular weight excluding hydrogens is 301 g/mol. The van der Waals surface area contributed by atoms with Gasteiger partial charge in [-0.15, -0.1) is 0 Å². The van der Waals surface area contributed by atoms with Crippen molar-refractivity contribution in [3.8, 4) is 0 Å². The van der Waals surface area contributed by atoms with Crippen molar-refractivity contribution in [1.82, 2.24) is 4.90 Å². The zero-order valence-corrected chi connectivity index (χ0v) is 12.9. The van der Waals surface area contributed by atoms with E-state index in [1.54, 1.807) is 18.2 Å². The van der Waals surface area contributed by atoms with Crippen LogP contribution < -0.4 is 10.6 Å². The van der Waals surface area contributed by atoms with Crippen LogP contribution in [0.5, 0.6) is 0 Å². The minimum Gasteiger partial charge on any atom is -0.367 e. The summed E-state index contributed by atoms with van der Waals surface area (Å²) in [5.41, 5.74) is 5.63. The molecule has 1 aromatic rings. The molecule has 0 saturated carbocycles. The second kappa shape index (κ2) is 6.25. The quantitative estimate of drug-likeness (QED) is 0.880. The third kappa shape index (κ3) is 3.07. The lowest BCUT2D eigenvalue weighted by Crippen LogP contribution is -2.56. The molecule has 0 radical (unpaired) electrons. The van der Waals surface area contributed by atoms with E-state index < -0.39 is 17.8 Å². The van der Waals surface area contributed by atoms with Crippen molar-refractivity contribution in [2.24, 2.45) is 5.73 Å². The van der Waals surface area contributed by atoms with E-state index in [0.717, 1.165) is 0 Å². The summed E-state index contributed by atoms with van der Waals surface area (Å²) in [5, 5.41) is 0. The first-order valence-electron chi connectivity index (χ1n) is 7.72. The maximum Gasteiger partial charge on any atom is 0.247 e. The molecule has 7 heteroatoms. The Kier molecular flexibility index (Phi) is 4.32. The molecule has 0 bridgehead atoms. The van der Waals surface area contributed by atoms with Crippen molar-refractivity contribution in [3.05, 3.63) is 30.1 Å². The standard InChI is InChI=1S/C16H20FN3O3/c1-10-8-19(9-14(23-10)15(18)21)13-6-7-20(16(13)22)12-5-3-2-4-11(12)17/h2-5,10,13-14H,6-9H2,1H3,(H2,18,21)/t10-,13-,14-/m1/s1. The second-order valence-electron chi connectivity index (χ2n) is 6.04. The molecule has 0 unspecified atom stereocenters. The van der Waals surface area contributed by atoms with Gasteiger partial charge in [0, 0.05) is 19.6 Å². The van der Waals surface area contributed by atoms with Crippen LogP contribution in [0.3, 0.4) is 0 Å². The van der Waals surface area contributed by atoms with E-state index in [0.29, 0.717) is 31.7 Å². The molecule has 124 valence electrons. The summed E-state index contributed by atoms with van der Waals surface area (Å²) in [6.07, 6.45) is -0.309. The topological polar surface area (TPSA) is 75.9 Å². The number of anilines is 1. The number of para-hydroxylation sites is 1. The number of nitrogens with zero attached hydrogens (tertiary/aromatic N) is 2. The first-order chi connectivity index (χ1) is 11.0. The zero-order valence-electron chi connectivity index (χ0n) is 12.9. The average molecular weight is 321 g/mol. The Morgan fingerprint density at radius 2 is 2.09 bits per heavy atom. The van der Waals surface area contributed by atoms with E-state index in [1.165, 1.54) is 11.0 Å². The Morgan fingerprint density at radius 1 is 1.35 bits per heavy atom. The number of amides is 2. The number of carbonyl (C=O) groups excluding carboxylic acids is 2. The normalized spacial score (nSPS) is 29.0. The number of benzene rings is 1. The number of hydrogen-bond acceptors (Lipinski definition) is 4. The molecule has 2 aliphatic rings. The highest BCUT2D eigenvalue weighted by atomic mass is 19.1. The average Bonchev–Trinajstić information content (AvgIpc) is 2.88. The van der Waals surface area contributed by atoms with Crippen molar-refractivity contribution in [2.45, 2.75) is 31.6 Å². The van der Waals surface area contributed by atoms with E-state index in [-0.39, 0.29) is 18.1 Å². The Morgan fingerprint density at radius 3 is 2.78 bits per heavy atom. The van der Waals surface area contributed by atoms with Crippen molar-refractivity contribution in [2.75, 3.05) is 24.5 Å². The Balaban J connectivity index is 1.76. The van der Waals surface area contributed by atoms with Gasteiger partial charge in [0.25, 0.3) is 0 Å². The summed E-state index contributed by atoms with van der Waals surface area (Å²) in [7, 11) is 0. The lowest BCUT2D eigenvalue weighted by molar-refractivity contribution is -0.147. The molecule has 2 saturated heterocycles. The van der Waals surface area contributed by atoms with Crippen LogP contribution in [0.4, 0.5) is 10.1 Å². The van der Waals surface area contributed by atoms with E-state index in [1.807, 2.05) is 11.8 Å². The van der Waals surface area contributed by atoms with Crippen LogP contribution in [-0.4, -0.2) is 54.6 Å². The maximum absolute atomic E-state index is 13.9. The molecule has 0 aromatic heterocycles. The highest BCUT2D eigenvalue weighted by Crippen LogP contribution is 2.28. The van der Waals surface area contributed by atoms with Gasteiger partial charge in [-0.2, -0.15) is 0 Å². The van der Waals surface area contributed by atoms with Gasteiger partial charge < -0.3 is 15.4 Å². The summed E-state index contributed by atoms with van der Waals surface area (Å²) in [6.45, 7) is 3.14. The van der Waals surface area contributed by atoms with Crippen molar-refractivity contribution >= 4 is 17.5 Å². The summed E-state index contributed by atoms with van der Waals surface area (Å²) in [4.78, 5) is 27.5. The van der Waals surface area contributed by atoms with Crippen LogP contribution in [0, 0.1) is 5.82 Å². The Bertz CT molecular complexity index is 624. The summed E-state index contributed by atoms with van der Waals surface area (Å²) < 4.78 is 19.4. The fourth-order valence-electron chi connectivity index (χ4n) is 3.31. The fraction of sp³-hybridized carbons (Fsp3) is 0.500. The van der Waals surface area contributed by atoms with Crippen molar-refractivity contribution in [1.29, 1.82) is 0 Å². The van der Waals surface area contributed by atoms with Crippen LogP contribution in [0.2, 0.25) is 0 Å². The van der Waals surface area contributed by atoms with Gasteiger partial charge in [0.15, 0.2) is 0 Å². The molecule has 2 N–H and O–H groups in total. The van der Waals surface area contributed by atoms with Gasteiger partial charge in [-0.1, -0.05) is 12.1 Å². The van der Waals surface area contributed by atoms with Gasteiger partial charge in [-0.05, 0) is 25.5 Å². The number of carbonyl (C=O) groups is 2. The maximum atomic E-state index is 13.9. The largest absolute Gasteiger partial charge is 0.367 e. The predicted molar refractivity (Wildman–Crippen MR) is 82.3 cm³/mol. The molecular formula is C16H20FN3O3. The van der Waals surface area contributed by atoms with Crippen molar-refractivity contribution < 1.29 is 18.7 Å². The molecule has 3 atom stereocenters. The number of primary amides is 1. The smallest absolute Gasteiger partial charge is 0.247 e. The first kappa shape index (κ1) is 15.9. The lowest BCUT2D eigenvalue weighted by atomic mass is 10.1. The molecule has 2 heterocycles. The molecule has 1 aromatic carbocycles. The minimum atomic E-state index is -0.714. The van der Waals surface area contributed by atoms with Crippen molar-refractivity contribution in [3.63, 3.8) is 0 Å². The molecule has 0 spiro atoms.